The van der Waals surface area contributed by atoms with Crippen molar-refractivity contribution in [3.8, 4) is 0 Å². The number of nitrogens with two attached hydrogens (primary N) is 1. The zero-order chi connectivity index (χ0) is 9.68. The molecule has 0 saturated heterocycles. The van der Waals surface area contributed by atoms with E-state index in [4.69, 9.17) is 10.5 Å². The lowest BCUT2D eigenvalue weighted by molar-refractivity contribution is 0.110. The highest BCUT2D eigenvalue weighted by Crippen LogP contribution is 2.06. The number of hydrogen-bond donors (Lipinski definition) is 1. The molecule has 0 aliphatic carbocycles. The molecule has 80 valence electrons. The number of halogens is 2. The third-order valence-corrected chi connectivity index (χ3v) is 1.97. The van der Waals surface area contributed by atoms with Gasteiger partial charge in [0.2, 0.25) is 0 Å². The molecule has 0 bridgehead atoms. The van der Waals surface area contributed by atoms with Gasteiger partial charge in [0, 0.05) is 13.7 Å². The lowest BCUT2D eigenvalue weighted by Crippen LogP contribution is -2.24. The maximum absolute atomic E-state index is 12.5. The second-order valence-corrected chi connectivity index (χ2v) is 2.92. The molecule has 0 heterocycles. The lowest BCUT2D eigenvalue weighted by atomic mass is 10.1. The van der Waals surface area contributed by atoms with Gasteiger partial charge in [0.15, 0.2) is 0 Å². The Hall–Kier alpha value is -0.640. The summed E-state index contributed by atoms with van der Waals surface area (Å²) in [5.74, 6) is -0.217. The first kappa shape index (κ1) is 13.4. The first-order chi connectivity index (χ1) is 6.26. The molecule has 2 nitrogen and oxygen atoms in total. The molecule has 1 aromatic carbocycles. The predicted molar refractivity (Wildman–Crippen MR) is 57.2 cm³/mol. The van der Waals surface area contributed by atoms with E-state index < -0.39 is 0 Å². The van der Waals surface area contributed by atoms with E-state index in [0.717, 1.165) is 12.0 Å². The Morgan fingerprint density at radius 2 is 1.93 bits per heavy atom. The normalized spacial score (nSPS) is 11.9. The van der Waals surface area contributed by atoms with Crippen molar-refractivity contribution in [3.63, 3.8) is 0 Å². The highest BCUT2D eigenvalue weighted by atomic mass is 35.5. The minimum Gasteiger partial charge on any atom is -0.380 e. The summed E-state index contributed by atoms with van der Waals surface area (Å²) >= 11 is 0. The number of benzene rings is 1. The van der Waals surface area contributed by atoms with Crippen LogP contribution in [0.15, 0.2) is 24.3 Å². The average Bonchev–Trinajstić information content (AvgIpc) is 2.17. The van der Waals surface area contributed by atoms with Crippen LogP contribution in [0.3, 0.4) is 0 Å². The Labute approximate surface area is 89.7 Å². The van der Waals surface area contributed by atoms with Gasteiger partial charge in [-0.3, -0.25) is 0 Å². The molecule has 4 heteroatoms. The van der Waals surface area contributed by atoms with E-state index >= 15 is 0 Å². The maximum atomic E-state index is 12.5. The monoisotopic (exact) mass is 219 g/mol. The Morgan fingerprint density at radius 3 is 2.36 bits per heavy atom. The van der Waals surface area contributed by atoms with Crippen molar-refractivity contribution in [2.24, 2.45) is 5.73 Å². The molecule has 0 fully saturated rings. The fourth-order valence-electron chi connectivity index (χ4n) is 1.15. The molecule has 0 aromatic heterocycles. The van der Waals surface area contributed by atoms with Crippen LogP contribution in [0.4, 0.5) is 4.39 Å². The largest absolute Gasteiger partial charge is 0.380 e. The molecule has 0 radical (unpaired) electrons. The topological polar surface area (TPSA) is 35.2 Å². The first-order valence-corrected chi connectivity index (χ1v) is 4.23. The second kappa shape index (κ2) is 6.76. The zero-order valence-corrected chi connectivity index (χ0v) is 8.89. The van der Waals surface area contributed by atoms with Crippen LogP contribution >= 0.6 is 12.4 Å². The molecule has 0 spiro atoms. The first-order valence-electron chi connectivity index (χ1n) is 4.23. The van der Waals surface area contributed by atoms with Crippen LogP contribution < -0.4 is 5.73 Å². The Kier molecular flexibility index (Phi) is 6.45. The summed E-state index contributed by atoms with van der Waals surface area (Å²) in [7, 11) is 1.63. The van der Waals surface area contributed by atoms with Gasteiger partial charge in [-0.1, -0.05) is 12.1 Å². The maximum Gasteiger partial charge on any atom is 0.123 e. The Bertz CT molecular complexity index is 249. The van der Waals surface area contributed by atoms with Crippen LogP contribution in [0.1, 0.15) is 5.56 Å². The number of hydrogen-bond acceptors (Lipinski definition) is 2. The summed E-state index contributed by atoms with van der Waals surface area (Å²) in [6.07, 6.45) is 0.748. The molecule has 0 saturated carbocycles. The summed E-state index contributed by atoms with van der Waals surface area (Å²) in [6.45, 7) is 0.480. The van der Waals surface area contributed by atoms with E-state index in [1.807, 2.05) is 0 Å². The molecule has 1 unspecified atom stereocenters. The van der Waals surface area contributed by atoms with Crippen LogP contribution in [0.2, 0.25) is 0 Å². The lowest BCUT2D eigenvalue weighted by Gasteiger charge is -2.12. The van der Waals surface area contributed by atoms with Crippen LogP contribution in [0.5, 0.6) is 0 Å². The van der Waals surface area contributed by atoms with E-state index in [2.05, 4.69) is 0 Å². The van der Waals surface area contributed by atoms with Gasteiger partial charge in [-0.05, 0) is 24.1 Å². The van der Waals surface area contributed by atoms with Crippen molar-refractivity contribution < 1.29 is 9.13 Å². The predicted octanol–water partition coefficient (Wildman–Crippen LogP) is 1.76. The van der Waals surface area contributed by atoms with Crippen molar-refractivity contribution in [2.75, 3.05) is 13.7 Å². The molecule has 1 aromatic rings. The van der Waals surface area contributed by atoms with Crippen LogP contribution in [-0.2, 0) is 11.2 Å². The fourth-order valence-corrected chi connectivity index (χ4v) is 1.15. The van der Waals surface area contributed by atoms with E-state index in [1.165, 1.54) is 12.1 Å². The third-order valence-electron chi connectivity index (χ3n) is 1.97. The van der Waals surface area contributed by atoms with Gasteiger partial charge in [0.1, 0.15) is 5.82 Å². The molecule has 2 N–H and O–H groups in total. The van der Waals surface area contributed by atoms with Crippen LogP contribution in [0, 0.1) is 5.82 Å². The minimum atomic E-state index is -0.217. The Morgan fingerprint density at radius 1 is 1.36 bits per heavy atom. The van der Waals surface area contributed by atoms with Gasteiger partial charge in [-0.2, -0.15) is 0 Å². The standard InChI is InChI=1S/C10H14FNO.ClH/c1-13-10(7-12)6-8-2-4-9(11)5-3-8;/h2-5,10H,6-7,12H2,1H3;1H. The highest BCUT2D eigenvalue weighted by Gasteiger charge is 2.05. The third kappa shape index (κ3) is 4.05. The van der Waals surface area contributed by atoms with Gasteiger partial charge in [0.05, 0.1) is 6.10 Å². The second-order valence-electron chi connectivity index (χ2n) is 2.92. The minimum absolute atomic E-state index is 0. The van der Waals surface area contributed by atoms with Gasteiger partial charge < -0.3 is 10.5 Å². The van der Waals surface area contributed by atoms with Gasteiger partial charge >= 0.3 is 0 Å². The Balaban J connectivity index is 0.00000169. The van der Waals surface area contributed by atoms with Gasteiger partial charge in [-0.15, -0.1) is 12.4 Å². The SMILES string of the molecule is COC(CN)Cc1ccc(F)cc1.Cl. The number of rotatable bonds is 4. The van der Waals surface area contributed by atoms with Gasteiger partial charge in [0.25, 0.3) is 0 Å². The zero-order valence-electron chi connectivity index (χ0n) is 8.07. The molecular formula is C10H15ClFNO. The van der Waals surface area contributed by atoms with Crippen LogP contribution in [-0.4, -0.2) is 19.8 Å². The summed E-state index contributed by atoms with van der Waals surface area (Å²) < 4.78 is 17.6. The fraction of sp³-hybridized carbons (Fsp3) is 0.400. The van der Waals surface area contributed by atoms with E-state index in [-0.39, 0.29) is 24.3 Å². The molecule has 1 rings (SSSR count). The highest BCUT2D eigenvalue weighted by molar-refractivity contribution is 5.85. The summed E-state index contributed by atoms with van der Waals surface area (Å²) in [6, 6.07) is 6.38. The molecule has 0 aliphatic heterocycles. The van der Waals surface area contributed by atoms with Crippen molar-refractivity contribution in [1.82, 2.24) is 0 Å². The summed E-state index contributed by atoms with van der Waals surface area (Å²) in [4.78, 5) is 0. The number of methoxy groups -OCH3 is 1. The number of ether oxygens (including phenoxy) is 1. The smallest absolute Gasteiger partial charge is 0.123 e. The molecule has 14 heavy (non-hydrogen) atoms. The molecular weight excluding hydrogens is 205 g/mol. The quantitative estimate of drug-likeness (QED) is 0.838. The van der Waals surface area contributed by atoms with Gasteiger partial charge in [-0.25, -0.2) is 4.39 Å². The van der Waals surface area contributed by atoms with E-state index in [1.54, 1.807) is 19.2 Å². The van der Waals surface area contributed by atoms with Crippen molar-refractivity contribution in [2.45, 2.75) is 12.5 Å². The summed E-state index contributed by atoms with van der Waals surface area (Å²) in [5, 5.41) is 0. The van der Waals surface area contributed by atoms with Crippen molar-refractivity contribution in [3.05, 3.63) is 35.6 Å². The van der Waals surface area contributed by atoms with E-state index in [9.17, 15) is 4.39 Å². The average molecular weight is 220 g/mol. The molecule has 0 amide bonds. The molecule has 1 atom stereocenters. The molecule has 0 aliphatic rings. The van der Waals surface area contributed by atoms with Crippen LogP contribution in [0.25, 0.3) is 0 Å². The van der Waals surface area contributed by atoms with Crippen molar-refractivity contribution >= 4 is 12.4 Å². The van der Waals surface area contributed by atoms with E-state index in [0.29, 0.717) is 6.54 Å². The summed E-state index contributed by atoms with van der Waals surface area (Å²) in [5.41, 5.74) is 6.50. The van der Waals surface area contributed by atoms with Crippen molar-refractivity contribution in [1.29, 1.82) is 0 Å².